The maximum Gasteiger partial charge on any atom is 0.347 e. The number of carbonyl (C=O) groups is 1. The van der Waals surface area contributed by atoms with Crippen molar-refractivity contribution in [1.82, 2.24) is 0 Å². The van der Waals surface area contributed by atoms with Gasteiger partial charge >= 0.3 is 11.8 Å². The van der Waals surface area contributed by atoms with Crippen molar-refractivity contribution in [2.75, 3.05) is 0 Å². The number of halogens is 2. The molecule has 0 saturated carbocycles. The lowest BCUT2D eigenvalue weighted by Crippen LogP contribution is -2.59. The molecule has 1 aromatic heterocycles. The number of cyclic esters (lactones) is 1. The van der Waals surface area contributed by atoms with Gasteiger partial charge in [0.2, 0.25) is 11.6 Å². The smallest absolute Gasteiger partial charge is 0.347 e. The van der Waals surface area contributed by atoms with Crippen molar-refractivity contribution in [3.05, 3.63) is 118 Å². The summed E-state index contributed by atoms with van der Waals surface area (Å²) in [6, 6.07) is 24.4. The second-order valence-electron chi connectivity index (χ2n) is 8.06. The summed E-state index contributed by atoms with van der Waals surface area (Å²) in [4.78, 5) is 13.1. The van der Waals surface area contributed by atoms with Crippen LogP contribution in [0.4, 0.5) is 0 Å². The van der Waals surface area contributed by atoms with E-state index in [9.17, 15) is 9.90 Å². The van der Waals surface area contributed by atoms with Gasteiger partial charge in [0.25, 0.3) is 0 Å². The van der Waals surface area contributed by atoms with Gasteiger partial charge in [-0.15, -0.1) is 0 Å². The third-order valence-corrected chi connectivity index (χ3v) is 6.90. The first-order valence-corrected chi connectivity index (χ1v) is 11.3. The van der Waals surface area contributed by atoms with Gasteiger partial charge in [0.15, 0.2) is 6.20 Å². The fraction of sp³-hybridized carbons (Fsp3) is 0.111. The van der Waals surface area contributed by atoms with Crippen LogP contribution in [0.1, 0.15) is 23.1 Å². The molecular weight excluding hydrogens is 471 g/mol. The highest BCUT2D eigenvalue weighted by Crippen LogP contribution is 2.49. The largest absolute Gasteiger partial charge is 0.417 e. The lowest BCUT2D eigenvalue weighted by molar-refractivity contribution is -0.730. The van der Waals surface area contributed by atoms with Crippen LogP contribution < -0.4 is 4.57 Å². The first kappa shape index (κ1) is 22.3. The van der Waals surface area contributed by atoms with Gasteiger partial charge in [-0.25, -0.2) is 4.79 Å². The Hall–Kier alpha value is -3.47. The number of nitrogens with one attached hydrogen (secondary N) is 1. The van der Waals surface area contributed by atoms with E-state index in [-0.39, 0.29) is 5.57 Å². The van der Waals surface area contributed by atoms with E-state index in [1.165, 1.54) is 0 Å². The van der Waals surface area contributed by atoms with Crippen LogP contribution in [0, 0.1) is 5.41 Å². The summed E-state index contributed by atoms with van der Waals surface area (Å²) in [5, 5.41) is 21.6. The normalized spacial score (nSPS) is 22.3. The molecule has 168 valence electrons. The molecule has 0 amide bonds. The van der Waals surface area contributed by atoms with Crippen LogP contribution >= 0.6 is 23.2 Å². The van der Waals surface area contributed by atoms with Crippen molar-refractivity contribution < 1.29 is 19.2 Å². The van der Waals surface area contributed by atoms with Crippen LogP contribution in [0.5, 0.6) is 0 Å². The molecule has 1 aliphatic heterocycles. The van der Waals surface area contributed by atoms with E-state index in [0.29, 0.717) is 21.2 Å². The number of aliphatic hydroxyl groups is 1. The third kappa shape index (κ3) is 3.60. The Bertz CT molecular complexity index is 1460. The van der Waals surface area contributed by atoms with Gasteiger partial charge < -0.3 is 9.84 Å². The van der Waals surface area contributed by atoms with Gasteiger partial charge in [-0.2, -0.15) is 4.57 Å². The summed E-state index contributed by atoms with van der Waals surface area (Å²) in [5.74, 6) is -1.42. The van der Waals surface area contributed by atoms with Crippen LogP contribution in [-0.2, 0) is 15.3 Å². The molecule has 3 atom stereocenters. The highest BCUT2D eigenvalue weighted by Gasteiger charge is 2.60. The van der Waals surface area contributed by atoms with Crippen LogP contribution in [0.25, 0.3) is 10.9 Å². The van der Waals surface area contributed by atoms with Gasteiger partial charge in [0.05, 0.1) is 16.0 Å². The molecule has 0 aliphatic carbocycles. The molecule has 5 nitrogen and oxygen atoms in total. The SMILES string of the molecule is N=C=C1C(=O)OC(O)(c2ccccc2)C([n+]2cccc3ccccc32)C1c1ccc(Cl)c(Cl)c1. The van der Waals surface area contributed by atoms with Crippen molar-refractivity contribution in [3.63, 3.8) is 0 Å². The maximum absolute atomic E-state index is 13.1. The average Bonchev–Trinajstić information content (AvgIpc) is 2.86. The molecule has 7 heteroatoms. The number of para-hydroxylation sites is 1. The number of hydrogen-bond donors (Lipinski definition) is 2. The van der Waals surface area contributed by atoms with Crippen LogP contribution in [0.2, 0.25) is 10.0 Å². The molecule has 34 heavy (non-hydrogen) atoms. The minimum Gasteiger partial charge on any atom is -0.417 e. The van der Waals surface area contributed by atoms with E-state index in [1.54, 1.807) is 42.5 Å². The Morgan fingerprint density at radius 2 is 1.65 bits per heavy atom. The first-order valence-electron chi connectivity index (χ1n) is 10.6. The van der Waals surface area contributed by atoms with E-state index in [2.05, 4.69) is 5.87 Å². The van der Waals surface area contributed by atoms with Crippen molar-refractivity contribution in [2.24, 2.45) is 0 Å². The van der Waals surface area contributed by atoms with Crippen molar-refractivity contribution >= 4 is 45.9 Å². The Morgan fingerprint density at radius 3 is 2.38 bits per heavy atom. The summed E-state index contributed by atoms with van der Waals surface area (Å²) < 4.78 is 7.58. The van der Waals surface area contributed by atoms with Gasteiger partial charge in [0.1, 0.15) is 5.57 Å². The van der Waals surface area contributed by atoms with Crippen molar-refractivity contribution in [2.45, 2.75) is 17.7 Å². The number of benzene rings is 3. The van der Waals surface area contributed by atoms with E-state index >= 15 is 0 Å². The number of aromatic nitrogens is 1. The zero-order chi connectivity index (χ0) is 23.9. The topological polar surface area (TPSA) is 74.3 Å². The Morgan fingerprint density at radius 1 is 0.941 bits per heavy atom. The summed E-state index contributed by atoms with van der Waals surface area (Å²) >= 11 is 12.5. The number of nitrogens with zero attached hydrogens (tertiary/aromatic N) is 1. The summed E-state index contributed by atoms with van der Waals surface area (Å²) in [6.45, 7) is 0. The molecule has 0 bridgehead atoms. The van der Waals surface area contributed by atoms with Gasteiger partial charge in [-0.3, -0.25) is 5.41 Å². The predicted molar refractivity (Wildman–Crippen MR) is 130 cm³/mol. The fourth-order valence-electron chi connectivity index (χ4n) is 4.63. The standard InChI is InChI=1S/C27H19Cl2N2O3/c28-21-13-12-18(15-22(21)29)24-20(16-30)26(32)34-27(33,19-9-2-1-3-10-19)25(24)31-14-6-8-17-7-4-5-11-23(17)31/h1-15,24-25,30,33H/q+1. The van der Waals surface area contributed by atoms with E-state index in [0.717, 1.165) is 10.9 Å². The van der Waals surface area contributed by atoms with Crippen LogP contribution in [0.15, 0.2) is 96.7 Å². The Kier molecular flexibility index (Phi) is 5.72. The summed E-state index contributed by atoms with van der Waals surface area (Å²) in [6.07, 6.45) is 1.83. The number of carbonyl (C=O) groups excluding carboxylic acids is 1. The number of fused-ring (bicyclic) bond motifs is 1. The molecule has 0 spiro atoms. The number of rotatable bonds is 3. The molecule has 4 aromatic rings. The fourth-order valence-corrected chi connectivity index (χ4v) is 4.94. The average molecular weight is 490 g/mol. The van der Waals surface area contributed by atoms with Crippen molar-refractivity contribution in [3.8, 4) is 0 Å². The minimum atomic E-state index is -2.05. The molecule has 1 saturated heterocycles. The predicted octanol–water partition coefficient (Wildman–Crippen LogP) is 5.34. The zero-order valence-electron chi connectivity index (χ0n) is 17.8. The zero-order valence-corrected chi connectivity index (χ0v) is 19.3. The lowest BCUT2D eigenvalue weighted by Gasteiger charge is -2.40. The van der Waals surface area contributed by atoms with Crippen LogP contribution in [-0.4, -0.2) is 16.9 Å². The highest BCUT2D eigenvalue weighted by molar-refractivity contribution is 6.42. The molecule has 2 N–H and O–H groups in total. The Balaban J connectivity index is 1.86. The van der Waals surface area contributed by atoms with E-state index in [4.69, 9.17) is 33.3 Å². The summed E-state index contributed by atoms with van der Waals surface area (Å²) in [5.41, 5.74) is 1.80. The number of ether oxygens (including phenoxy) is 1. The lowest BCUT2D eigenvalue weighted by atomic mass is 9.76. The number of esters is 1. The molecule has 5 rings (SSSR count). The molecule has 0 radical (unpaired) electrons. The van der Waals surface area contributed by atoms with Gasteiger partial charge in [0, 0.05) is 23.1 Å². The molecule has 3 unspecified atom stereocenters. The van der Waals surface area contributed by atoms with Gasteiger partial charge in [-0.05, 0) is 35.7 Å². The van der Waals surface area contributed by atoms with E-state index < -0.39 is 23.7 Å². The molecule has 2 heterocycles. The quantitative estimate of drug-likeness (QED) is 0.176. The second-order valence-corrected chi connectivity index (χ2v) is 8.88. The van der Waals surface area contributed by atoms with Gasteiger partial charge in [-0.1, -0.05) is 71.7 Å². The van der Waals surface area contributed by atoms with E-state index in [1.807, 2.05) is 53.2 Å². The Labute approximate surface area is 206 Å². The summed E-state index contributed by atoms with van der Waals surface area (Å²) in [7, 11) is 0. The monoisotopic (exact) mass is 489 g/mol. The molecule has 3 aromatic carbocycles. The molecule has 1 aliphatic rings. The maximum atomic E-state index is 13.1. The van der Waals surface area contributed by atoms with Crippen LogP contribution in [0.3, 0.4) is 0 Å². The number of hydrogen-bond acceptors (Lipinski definition) is 4. The second kappa shape index (κ2) is 8.71. The molecular formula is C27H19Cl2N2O3+. The third-order valence-electron chi connectivity index (χ3n) is 6.16. The highest BCUT2D eigenvalue weighted by atomic mass is 35.5. The van der Waals surface area contributed by atoms with Crippen molar-refractivity contribution in [1.29, 1.82) is 5.41 Å². The molecule has 1 fully saturated rings. The minimum absolute atomic E-state index is 0.0237. The number of pyridine rings is 1. The first-order chi connectivity index (χ1) is 16.4.